The van der Waals surface area contributed by atoms with Crippen LogP contribution in [-0.4, -0.2) is 161 Å². The first-order valence-electron chi connectivity index (χ1n) is 30.6. The van der Waals surface area contributed by atoms with Crippen LogP contribution >= 0.6 is 0 Å². The summed E-state index contributed by atoms with van der Waals surface area (Å²) < 4.78 is 80.8. The molecule has 10 rings (SSSR count). The SMILES string of the molecule is COc1ccc(S(=O)(=O)N(C)CC2Oc3c(NC(=O)Nc4cccc5ccccc45)cccc3C(=O)N(C(C)CO)CC2C)cc1C.COc1ccc(S(=O)(=O)N(C)C[C@@H]2Oc3c(NC(=O)Nc4cccc5ccccc45)cccc3C(=O)N([C@@H](C)CO)C[C@H]2C)cc1C. The van der Waals surface area contributed by atoms with Gasteiger partial charge in [-0.2, -0.15) is 8.61 Å². The van der Waals surface area contributed by atoms with Crippen molar-refractivity contribution < 1.29 is 65.2 Å². The molecule has 2 heterocycles. The van der Waals surface area contributed by atoms with Gasteiger partial charge in [0.2, 0.25) is 20.0 Å². The predicted octanol–water partition coefficient (Wildman–Crippen LogP) is 10.7. The minimum absolute atomic E-state index is 0.0555. The number of aliphatic hydroxyl groups excluding tert-OH is 2. The van der Waals surface area contributed by atoms with E-state index in [0.29, 0.717) is 34.0 Å². The van der Waals surface area contributed by atoms with Gasteiger partial charge in [-0.05, 0) is 122 Å². The summed E-state index contributed by atoms with van der Waals surface area (Å²) in [6.07, 6.45) is -1.48. The molecule has 22 nitrogen and oxygen atoms in total. The minimum atomic E-state index is -3.94. The first kappa shape index (κ1) is 69.1. The highest BCUT2D eigenvalue weighted by atomic mass is 32.2. The van der Waals surface area contributed by atoms with Crippen molar-refractivity contribution in [2.45, 2.75) is 75.6 Å². The van der Waals surface area contributed by atoms with Gasteiger partial charge in [0.05, 0.1) is 96.3 Å². The molecule has 8 aromatic rings. The lowest BCUT2D eigenvalue weighted by Crippen LogP contribution is -2.50. The maximum Gasteiger partial charge on any atom is 0.323 e. The number of urea groups is 2. The molecular weight excluding hydrogens is 1240 g/mol. The Labute approximate surface area is 548 Å². The highest BCUT2D eigenvalue weighted by Crippen LogP contribution is 2.39. The zero-order chi connectivity index (χ0) is 67.8. The Balaban J connectivity index is 0.000000221. The Morgan fingerprint density at radius 1 is 0.532 bits per heavy atom. The second kappa shape index (κ2) is 29.8. The molecule has 0 fully saturated rings. The first-order valence-corrected chi connectivity index (χ1v) is 33.5. The molecule has 6 amide bonds. The number of carbonyl (C=O) groups is 4. The van der Waals surface area contributed by atoms with E-state index in [-0.39, 0.29) is 107 Å². The summed E-state index contributed by atoms with van der Waals surface area (Å²) in [5.41, 5.74) is 3.40. The number of sulfonamides is 2. The van der Waals surface area contributed by atoms with Crippen molar-refractivity contribution in [2.75, 3.05) is 89.0 Å². The lowest BCUT2D eigenvalue weighted by Gasteiger charge is -2.38. The van der Waals surface area contributed by atoms with Gasteiger partial charge < -0.3 is 60.2 Å². The second-order valence-electron chi connectivity index (χ2n) is 23.7. The molecule has 6 atom stereocenters. The van der Waals surface area contributed by atoms with Crippen LogP contribution in [0.5, 0.6) is 23.0 Å². The second-order valence-corrected chi connectivity index (χ2v) is 27.7. The van der Waals surface area contributed by atoms with Gasteiger partial charge in [-0.15, -0.1) is 0 Å². The molecule has 0 saturated carbocycles. The van der Waals surface area contributed by atoms with Crippen molar-refractivity contribution in [1.82, 2.24) is 18.4 Å². The van der Waals surface area contributed by atoms with E-state index in [1.165, 1.54) is 49.1 Å². The summed E-state index contributed by atoms with van der Waals surface area (Å²) in [6.45, 7) is 10.5. The fourth-order valence-electron chi connectivity index (χ4n) is 11.4. The minimum Gasteiger partial charge on any atom is -0.496 e. The number of nitrogens with zero attached hydrogens (tertiary/aromatic N) is 4. The lowest BCUT2D eigenvalue weighted by atomic mass is 9.99. The molecule has 6 N–H and O–H groups in total. The molecule has 2 aliphatic heterocycles. The van der Waals surface area contributed by atoms with E-state index in [9.17, 15) is 46.2 Å². The lowest BCUT2D eigenvalue weighted by molar-refractivity contribution is 0.0384. The number of hydrogen-bond donors (Lipinski definition) is 6. The Morgan fingerprint density at radius 2 is 0.872 bits per heavy atom. The molecule has 0 aromatic heterocycles. The third kappa shape index (κ3) is 15.2. The number of carbonyl (C=O) groups excluding carboxylic acids is 4. The number of likely N-dealkylation sites (N-methyl/N-ethyl adjacent to an activating group) is 2. The van der Waals surface area contributed by atoms with Gasteiger partial charge in [-0.25, -0.2) is 26.4 Å². The fourth-order valence-corrected chi connectivity index (χ4v) is 14.0. The van der Waals surface area contributed by atoms with Gasteiger partial charge in [0.15, 0.2) is 11.5 Å². The summed E-state index contributed by atoms with van der Waals surface area (Å²) in [5.74, 6) is -0.103. The normalized spacial score (nSPS) is 17.3. The number of hydrogen-bond acceptors (Lipinski definition) is 14. The molecule has 0 radical (unpaired) electrons. The molecule has 2 aliphatic rings. The zero-order valence-corrected chi connectivity index (χ0v) is 55.7. The average molecular weight is 1320 g/mol. The van der Waals surface area contributed by atoms with Crippen LogP contribution in [0.3, 0.4) is 0 Å². The molecule has 0 aliphatic carbocycles. The van der Waals surface area contributed by atoms with E-state index >= 15 is 0 Å². The number of nitrogens with one attached hydrogen (secondary N) is 4. The maximum atomic E-state index is 13.9. The molecule has 8 aromatic carbocycles. The van der Waals surface area contributed by atoms with Gasteiger partial charge in [0, 0.05) is 49.8 Å². The molecule has 0 spiro atoms. The standard InChI is InChI=1S/2C35H40N4O7S/c2*1-22-18-26(16-17-31(22)45-5)47(43,44)38(4)20-32-23(2)19-39(24(3)21-40)34(41)28-13-9-15-30(33(28)46-32)37-35(42)36-29-14-8-11-25-10-6-7-12-27(25)29/h2*6-18,23-24,32,40H,19-21H2,1-5H3,(H2,36,37,42)/t23-,24+,32+;/m1./s1. The number of amides is 6. The highest BCUT2D eigenvalue weighted by molar-refractivity contribution is 7.89. The number of aryl methyl sites for hydroxylation is 2. The fraction of sp³-hybridized carbons (Fsp3) is 0.314. The molecule has 0 bridgehead atoms. The van der Waals surface area contributed by atoms with Crippen LogP contribution in [0.1, 0.15) is 59.5 Å². The molecular formula is C70H80N8O14S2. The topological polar surface area (TPSA) is 275 Å². The average Bonchev–Trinajstić information content (AvgIpc) is 0.820. The van der Waals surface area contributed by atoms with E-state index in [2.05, 4.69) is 21.3 Å². The number of anilines is 4. The molecule has 3 unspecified atom stereocenters. The molecule has 94 heavy (non-hydrogen) atoms. The number of ether oxygens (including phenoxy) is 4. The van der Waals surface area contributed by atoms with Gasteiger partial charge in [0.1, 0.15) is 23.7 Å². The first-order chi connectivity index (χ1) is 44.9. The van der Waals surface area contributed by atoms with Crippen LogP contribution in [0.4, 0.5) is 32.3 Å². The van der Waals surface area contributed by atoms with E-state index in [1.54, 1.807) is 110 Å². The Morgan fingerprint density at radius 3 is 1.23 bits per heavy atom. The number of para-hydroxylation sites is 2. The van der Waals surface area contributed by atoms with E-state index in [0.717, 1.165) is 21.5 Å². The largest absolute Gasteiger partial charge is 0.496 e. The van der Waals surface area contributed by atoms with Crippen LogP contribution in [-0.2, 0) is 20.0 Å². The highest BCUT2D eigenvalue weighted by Gasteiger charge is 2.39. The predicted molar refractivity (Wildman–Crippen MR) is 363 cm³/mol. The van der Waals surface area contributed by atoms with Crippen molar-refractivity contribution >= 4 is 88.2 Å². The van der Waals surface area contributed by atoms with Crippen molar-refractivity contribution in [3.63, 3.8) is 0 Å². The van der Waals surface area contributed by atoms with Crippen LogP contribution in [0.2, 0.25) is 0 Å². The van der Waals surface area contributed by atoms with E-state index in [1.807, 2.05) is 86.6 Å². The van der Waals surface area contributed by atoms with Crippen molar-refractivity contribution in [3.8, 4) is 23.0 Å². The van der Waals surface area contributed by atoms with Crippen LogP contribution in [0.25, 0.3) is 21.5 Å². The molecule has 496 valence electrons. The Hall–Kier alpha value is -9.30. The van der Waals surface area contributed by atoms with Gasteiger partial charge in [0.25, 0.3) is 11.8 Å². The quantitative estimate of drug-likeness (QED) is 0.0466. The Bertz CT molecular complexity index is 4060. The van der Waals surface area contributed by atoms with E-state index < -0.39 is 56.4 Å². The van der Waals surface area contributed by atoms with Crippen molar-refractivity contribution in [2.24, 2.45) is 11.8 Å². The number of rotatable bonds is 18. The summed E-state index contributed by atoms with van der Waals surface area (Å²) in [6, 6.07) is 43.4. The van der Waals surface area contributed by atoms with Crippen molar-refractivity contribution in [1.29, 1.82) is 0 Å². The van der Waals surface area contributed by atoms with Crippen LogP contribution in [0.15, 0.2) is 168 Å². The third-order valence-corrected chi connectivity index (χ3v) is 20.6. The smallest absolute Gasteiger partial charge is 0.323 e. The van der Waals surface area contributed by atoms with Gasteiger partial charge in [-0.3, -0.25) is 9.59 Å². The zero-order valence-electron chi connectivity index (χ0n) is 54.1. The number of fused-ring (bicyclic) bond motifs is 4. The molecule has 0 saturated heterocycles. The summed E-state index contributed by atoms with van der Waals surface area (Å²) in [5, 5.41) is 35.1. The van der Waals surface area contributed by atoms with E-state index in [4.69, 9.17) is 18.9 Å². The number of methoxy groups -OCH3 is 2. The molecule has 24 heteroatoms. The monoisotopic (exact) mass is 1320 g/mol. The summed E-state index contributed by atoms with van der Waals surface area (Å²) in [4.78, 5) is 57.7. The van der Waals surface area contributed by atoms with Gasteiger partial charge >= 0.3 is 12.1 Å². The van der Waals surface area contributed by atoms with Crippen LogP contribution in [0, 0.1) is 25.7 Å². The summed E-state index contributed by atoms with van der Waals surface area (Å²) in [7, 11) is -1.87. The van der Waals surface area contributed by atoms with Gasteiger partial charge in [-0.1, -0.05) is 98.8 Å². The number of benzene rings is 8. The van der Waals surface area contributed by atoms with Crippen LogP contribution < -0.4 is 40.2 Å². The number of aliphatic hydroxyl groups is 2. The Kier molecular flexibility index (Phi) is 21.9. The third-order valence-electron chi connectivity index (χ3n) is 17.0. The maximum absolute atomic E-state index is 13.9. The summed E-state index contributed by atoms with van der Waals surface area (Å²) >= 11 is 0. The van der Waals surface area contributed by atoms with Crippen molar-refractivity contribution in [3.05, 3.63) is 180 Å².